The molecule has 0 aliphatic carbocycles. The second-order valence-corrected chi connectivity index (χ2v) is 6.52. The lowest BCUT2D eigenvalue weighted by atomic mass is 9.93. The third-order valence-electron chi connectivity index (χ3n) is 4.67. The first-order valence-electron chi connectivity index (χ1n) is 8.71. The topological polar surface area (TPSA) is 80.6 Å². The third-order valence-corrected chi connectivity index (χ3v) is 4.67. The fourth-order valence-electron chi connectivity index (χ4n) is 3.21. The van der Waals surface area contributed by atoms with Gasteiger partial charge < -0.3 is 19.7 Å². The van der Waals surface area contributed by atoms with Crippen LogP contribution < -0.4 is 5.32 Å². The van der Waals surface area contributed by atoms with Crippen molar-refractivity contribution < 1.29 is 19.4 Å². The van der Waals surface area contributed by atoms with E-state index in [1.165, 1.54) is 0 Å². The molecular weight excluding hydrogens is 344 g/mol. The Labute approximate surface area is 157 Å². The summed E-state index contributed by atoms with van der Waals surface area (Å²) >= 11 is 0. The summed E-state index contributed by atoms with van der Waals surface area (Å²) in [5, 5.41) is 13.1. The number of carboxylic acid groups (broad SMARTS) is 1. The highest BCUT2D eigenvalue weighted by Gasteiger charge is 2.30. The molecule has 6 heteroatoms. The number of carbonyl (C=O) groups is 2. The minimum atomic E-state index is -1.10. The van der Waals surface area contributed by atoms with Crippen molar-refractivity contribution in [2.45, 2.75) is 25.5 Å². The molecule has 27 heavy (non-hydrogen) atoms. The predicted octanol–water partition coefficient (Wildman–Crippen LogP) is 3.66. The van der Waals surface area contributed by atoms with Crippen LogP contribution in [0.4, 0.5) is 4.79 Å². The summed E-state index contributed by atoms with van der Waals surface area (Å²) < 4.78 is 7.12. The number of nitrogens with zero attached hydrogens (tertiary/aromatic N) is 1. The molecule has 3 aromatic rings. The molecule has 3 rings (SSSR count). The molecule has 0 saturated heterocycles. The lowest BCUT2D eigenvalue weighted by molar-refractivity contribution is -0.139. The Kier molecular flexibility index (Phi) is 5.45. The molecule has 6 nitrogen and oxygen atoms in total. The van der Waals surface area contributed by atoms with Gasteiger partial charge in [0.05, 0.1) is 0 Å². The second-order valence-electron chi connectivity index (χ2n) is 6.52. The van der Waals surface area contributed by atoms with E-state index in [0.717, 1.165) is 22.0 Å². The van der Waals surface area contributed by atoms with E-state index in [4.69, 9.17) is 4.74 Å². The van der Waals surface area contributed by atoms with Crippen LogP contribution in [0, 0.1) is 0 Å². The molecule has 0 bridgehead atoms. The van der Waals surface area contributed by atoms with Crippen molar-refractivity contribution in [1.29, 1.82) is 0 Å². The summed E-state index contributed by atoms with van der Waals surface area (Å²) in [5.74, 6) is -1.54. The number of carboxylic acids is 1. The largest absolute Gasteiger partial charge is 0.480 e. The van der Waals surface area contributed by atoms with E-state index >= 15 is 0 Å². The van der Waals surface area contributed by atoms with Crippen LogP contribution in [0.25, 0.3) is 10.9 Å². The number of hydrogen-bond donors (Lipinski definition) is 2. The monoisotopic (exact) mass is 366 g/mol. The van der Waals surface area contributed by atoms with Gasteiger partial charge in [0.25, 0.3) is 0 Å². The van der Waals surface area contributed by atoms with Gasteiger partial charge in [-0.3, -0.25) is 0 Å². The van der Waals surface area contributed by atoms with Crippen molar-refractivity contribution in [1.82, 2.24) is 9.88 Å². The summed E-state index contributed by atoms with van der Waals surface area (Å²) in [7, 11) is 1.91. The zero-order valence-electron chi connectivity index (χ0n) is 15.3. The fraction of sp³-hybridized carbons (Fsp3) is 0.238. The quantitative estimate of drug-likeness (QED) is 0.698. The highest BCUT2D eigenvalue weighted by atomic mass is 16.5. The molecule has 0 aliphatic heterocycles. The molecule has 0 spiro atoms. The van der Waals surface area contributed by atoms with Crippen LogP contribution in [0.3, 0.4) is 0 Å². The van der Waals surface area contributed by atoms with Crippen LogP contribution in [0.5, 0.6) is 0 Å². The minimum absolute atomic E-state index is 0.0850. The zero-order valence-corrected chi connectivity index (χ0v) is 15.3. The van der Waals surface area contributed by atoms with Crippen LogP contribution in [0.15, 0.2) is 60.8 Å². The fourth-order valence-corrected chi connectivity index (χ4v) is 3.21. The SMILES string of the molecule is CC(c1cn(C)c2ccccc12)C(NC(=O)OCc1ccccc1)C(=O)O. The highest BCUT2D eigenvalue weighted by molar-refractivity contribution is 5.87. The smallest absolute Gasteiger partial charge is 0.408 e. The Morgan fingerprint density at radius 1 is 1.11 bits per heavy atom. The molecule has 2 N–H and O–H groups in total. The molecule has 0 saturated carbocycles. The van der Waals surface area contributed by atoms with Gasteiger partial charge in [0.1, 0.15) is 12.6 Å². The van der Waals surface area contributed by atoms with Crippen molar-refractivity contribution >= 4 is 23.0 Å². The van der Waals surface area contributed by atoms with Crippen LogP contribution in [0.2, 0.25) is 0 Å². The molecule has 1 aromatic heterocycles. The number of rotatable bonds is 6. The van der Waals surface area contributed by atoms with Gasteiger partial charge in [0, 0.05) is 30.1 Å². The van der Waals surface area contributed by atoms with Gasteiger partial charge in [-0.1, -0.05) is 55.5 Å². The summed E-state index contributed by atoms with van der Waals surface area (Å²) in [6.07, 6.45) is 1.15. The van der Waals surface area contributed by atoms with Gasteiger partial charge in [-0.2, -0.15) is 0 Å². The Balaban J connectivity index is 1.74. The maximum absolute atomic E-state index is 12.1. The standard InChI is InChI=1S/C21H22N2O4/c1-14(17-12-23(2)18-11-7-6-10-16(17)18)19(20(24)25)22-21(26)27-13-15-8-4-3-5-9-15/h3-12,14,19H,13H2,1-2H3,(H,22,26)(H,24,25). The minimum Gasteiger partial charge on any atom is -0.480 e. The Morgan fingerprint density at radius 3 is 2.48 bits per heavy atom. The summed E-state index contributed by atoms with van der Waals surface area (Å²) in [4.78, 5) is 23.9. The number of para-hydroxylation sites is 1. The van der Waals surface area contributed by atoms with Gasteiger partial charge in [0.2, 0.25) is 0 Å². The molecule has 2 unspecified atom stereocenters. The number of benzene rings is 2. The van der Waals surface area contributed by atoms with Crippen molar-refractivity contribution in [3.8, 4) is 0 Å². The molecule has 2 atom stereocenters. The Hall–Kier alpha value is -3.28. The van der Waals surface area contributed by atoms with Gasteiger partial charge in [-0.25, -0.2) is 9.59 Å². The van der Waals surface area contributed by atoms with Gasteiger partial charge in [-0.05, 0) is 17.2 Å². The number of alkyl carbamates (subject to hydrolysis) is 1. The molecule has 0 aliphatic rings. The predicted molar refractivity (Wildman–Crippen MR) is 103 cm³/mol. The number of aliphatic carboxylic acids is 1. The van der Waals surface area contributed by atoms with Crippen LogP contribution in [0.1, 0.15) is 24.0 Å². The van der Waals surface area contributed by atoms with E-state index in [9.17, 15) is 14.7 Å². The summed E-state index contributed by atoms with van der Waals surface area (Å²) in [5.41, 5.74) is 2.71. The molecule has 2 aromatic carbocycles. The van der Waals surface area contributed by atoms with Gasteiger partial charge in [0.15, 0.2) is 0 Å². The van der Waals surface area contributed by atoms with E-state index in [2.05, 4.69) is 5.32 Å². The first-order valence-corrected chi connectivity index (χ1v) is 8.71. The molecule has 0 fully saturated rings. The molecule has 140 valence electrons. The maximum Gasteiger partial charge on any atom is 0.408 e. The van der Waals surface area contributed by atoms with Crippen LogP contribution in [-0.4, -0.2) is 27.8 Å². The number of amides is 1. The molecular formula is C21H22N2O4. The Morgan fingerprint density at radius 2 is 1.78 bits per heavy atom. The summed E-state index contributed by atoms with van der Waals surface area (Å²) in [6, 6.07) is 15.9. The first kappa shape index (κ1) is 18.5. The van der Waals surface area contributed by atoms with E-state index in [1.54, 1.807) is 6.92 Å². The van der Waals surface area contributed by atoms with Crippen LogP contribution in [-0.2, 0) is 23.2 Å². The van der Waals surface area contributed by atoms with Gasteiger partial charge >= 0.3 is 12.1 Å². The van der Waals surface area contributed by atoms with Crippen LogP contribution >= 0.6 is 0 Å². The van der Waals surface area contributed by atoms with E-state index in [-0.39, 0.29) is 6.61 Å². The van der Waals surface area contributed by atoms with Gasteiger partial charge in [-0.15, -0.1) is 0 Å². The van der Waals surface area contributed by atoms with E-state index < -0.39 is 24.0 Å². The number of ether oxygens (including phenoxy) is 1. The molecule has 1 heterocycles. The molecule has 0 radical (unpaired) electrons. The van der Waals surface area contributed by atoms with E-state index in [1.807, 2.05) is 72.4 Å². The average Bonchev–Trinajstić information content (AvgIpc) is 3.01. The number of nitrogens with one attached hydrogen (secondary N) is 1. The average molecular weight is 366 g/mol. The maximum atomic E-state index is 12.1. The summed E-state index contributed by atoms with van der Waals surface area (Å²) in [6.45, 7) is 1.87. The highest BCUT2D eigenvalue weighted by Crippen LogP contribution is 2.29. The number of aryl methyl sites for hydroxylation is 1. The first-order chi connectivity index (χ1) is 13.0. The lowest BCUT2D eigenvalue weighted by Crippen LogP contribution is -2.44. The van der Waals surface area contributed by atoms with Crippen molar-refractivity contribution in [2.75, 3.05) is 0 Å². The van der Waals surface area contributed by atoms with Crippen molar-refractivity contribution in [3.63, 3.8) is 0 Å². The second kappa shape index (κ2) is 7.95. The lowest BCUT2D eigenvalue weighted by Gasteiger charge is -2.21. The van der Waals surface area contributed by atoms with E-state index in [0.29, 0.717) is 0 Å². The number of aromatic nitrogens is 1. The van der Waals surface area contributed by atoms with Crippen molar-refractivity contribution in [2.24, 2.45) is 7.05 Å². The van der Waals surface area contributed by atoms with Crippen molar-refractivity contribution in [3.05, 3.63) is 71.9 Å². The zero-order chi connectivity index (χ0) is 19.4. The Bertz CT molecular complexity index is 949. The third kappa shape index (κ3) is 4.11. The number of hydrogen-bond acceptors (Lipinski definition) is 3. The number of fused-ring (bicyclic) bond motifs is 1. The molecule has 1 amide bonds. The number of carbonyl (C=O) groups excluding carboxylic acids is 1. The normalized spacial score (nSPS) is 13.1.